The highest BCUT2D eigenvalue weighted by atomic mass is 19.4. The number of carbonyl (C=O) groups excluding carboxylic acids is 1. The number of nitrogens with zero attached hydrogens (tertiary/aromatic N) is 2. The summed E-state index contributed by atoms with van der Waals surface area (Å²) >= 11 is 0. The van der Waals surface area contributed by atoms with E-state index in [4.69, 9.17) is 4.74 Å². The molecule has 9 heteroatoms. The molecule has 6 nitrogen and oxygen atoms in total. The first-order chi connectivity index (χ1) is 11.0. The average Bonchev–Trinajstić information content (AvgIpc) is 2.81. The Hall–Kier alpha value is -1.93. The number of aryl methyl sites for hydroxylation is 1. The summed E-state index contributed by atoms with van der Waals surface area (Å²) in [5.74, 6) is 0. The first-order valence-corrected chi connectivity index (χ1v) is 7.80. The highest BCUT2D eigenvalue weighted by molar-refractivity contribution is 5.69. The third-order valence-corrected chi connectivity index (χ3v) is 3.80. The lowest BCUT2D eigenvalue weighted by atomic mass is 9.96. The standard InChI is InChI=1S/C15H23F3N4O2/c1-9-11(8-19-21-9)20-10-5-6-22(12(7-10)15(16,17)18)13(23)24-14(2,3)4/h8,10,12,20H,5-7H2,1-4H3,(H,19,21). The number of piperidine rings is 1. The van der Waals surface area contributed by atoms with Gasteiger partial charge in [0.25, 0.3) is 0 Å². The first kappa shape index (κ1) is 18.4. The summed E-state index contributed by atoms with van der Waals surface area (Å²) in [6.45, 7) is 6.65. The number of likely N-dealkylation sites (tertiary alicyclic amines) is 1. The first-order valence-electron chi connectivity index (χ1n) is 7.80. The minimum atomic E-state index is -4.51. The summed E-state index contributed by atoms with van der Waals surface area (Å²) in [6.07, 6.45) is -3.73. The van der Waals surface area contributed by atoms with Gasteiger partial charge in [-0.15, -0.1) is 0 Å². The van der Waals surface area contributed by atoms with E-state index in [-0.39, 0.29) is 13.0 Å². The Morgan fingerprint density at radius 2 is 2.08 bits per heavy atom. The molecule has 0 aliphatic carbocycles. The SMILES string of the molecule is Cc1[nH]ncc1NC1CCN(C(=O)OC(C)(C)C)C(C(F)(F)F)C1. The van der Waals surface area contributed by atoms with E-state index in [0.717, 1.165) is 10.6 Å². The molecule has 2 N–H and O–H groups in total. The van der Waals surface area contributed by atoms with Gasteiger partial charge in [0.1, 0.15) is 11.6 Å². The van der Waals surface area contributed by atoms with Gasteiger partial charge in [-0.3, -0.25) is 10.00 Å². The Balaban J connectivity index is 2.10. The molecule has 2 rings (SSSR count). The van der Waals surface area contributed by atoms with Crippen LogP contribution in [0.25, 0.3) is 0 Å². The summed E-state index contributed by atoms with van der Waals surface area (Å²) in [5, 5.41) is 9.64. The third kappa shape index (κ3) is 4.55. The maximum atomic E-state index is 13.4. The van der Waals surface area contributed by atoms with Crippen molar-refractivity contribution in [2.45, 2.75) is 64.4 Å². The molecule has 1 aliphatic rings. The summed E-state index contributed by atoms with van der Waals surface area (Å²) in [7, 11) is 0. The molecule has 1 aliphatic heterocycles. The fraction of sp³-hybridized carbons (Fsp3) is 0.733. The Morgan fingerprint density at radius 3 is 2.58 bits per heavy atom. The van der Waals surface area contributed by atoms with E-state index in [1.807, 2.05) is 0 Å². The normalized spacial score (nSPS) is 22.4. The van der Waals surface area contributed by atoms with Crippen LogP contribution in [0.1, 0.15) is 39.3 Å². The number of halogens is 3. The van der Waals surface area contributed by atoms with Gasteiger partial charge in [-0.2, -0.15) is 18.3 Å². The second-order valence-corrected chi connectivity index (χ2v) is 7.01. The average molecular weight is 348 g/mol. The van der Waals surface area contributed by atoms with Crippen LogP contribution < -0.4 is 5.32 Å². The van der Waals surface area contributed by atoms with Crippen molar-refractivity contribution >= 4 is 11.8 Å². The molecule has 2 atom stereocenters. The molecule has 0 saturated carbocycles. The van der Waals surface area contributed by atoms with Gasteiger partial charge in [-0.25, -0.2) is 4.79 Å². The second-order valence-electron chi connectivity index (χ2n) is 7.01. The number of anilines is 1. The minimum Gasteiger partial charge on any atom is -0.444 e. The zero-order valence-electron chi connectivity index (χ0n) is 14.2. The molecule has 2 heterocycles. The minimum absolute atomic E-state index is 0.0202. The number of hydrogen-bond acceptors (Lipinski definition) is 4. The Labute approximate surface area is 138 Å². The van der Waals surface area contributed by atoms with Gasteiger partial charge in [-0.05, 0) is 40.5 Å². The lowest BCUT2D eigenvalue weighted by molar-refractivity contribution is -0.188. The lowest BCUT2D eigenvalue weighted by Gasteiger charge is -2.40. The molecule has 0 radical (unpaired) electrons. The highest BCUT2D eigenvalue weighted by Crippen LogP contribution is 2.34. The van der Waals surface area contributed by atoms with Gasteiger partial charge in [0.05, 0.1) is 17.6 Å². The van der Waals surface area contributed by atoms with E-state index in [9.17, 15) is 18.0 Å². The topological polar surface area (TPSA) is 70.2 Å². The summed E-state index contributed by atoms with van der Waals surface area (Å²) in [5.41, 5.74) is 0.593. The van der Waals surface area contributed by atoms with Gasteiger partial charge < -0.3 is 10.1 Å². The van der Waals surface area contributed by atoms with Crippen LogP contribution in [0.5, 0.6) is 0 Å². The monoisotopic (exact) mass is 348 g/mol. The van der Waals surface area contributed by atoms with Crippen molar-refractivity contribution in [2.24, 2.45) is 0 Å². The summed E-state index contributed by atoms with van der Waals surface area (Å²) in [4.78, 5) is 12.9. The zero-order valence-corrected chi connectivity index (χ0v) is 14.2. The number of hydrogen-bond donors (Lipinski definition) is 2. The summed E-state index contributed by atoms with van der Waals surface area (Å²) in [6, 6.07) is -2.27. The van der Waals surface area contributed by atoms with Gasteiger partial charge in [0, 0.05) is 12.6 Å². The number of alkyl halides is 3. The molecule has 2 unspecified atom stereocenters. The fourth-order valence-corrected chi connectivity index (χ4v) is 2.66. The van der Waals surface area contributed by atoms with E-state index < -0.39 is 30.0 Å². The maximum Gasteiger partial charge on any atom is 0.410 e. The number of amides is 1. The molecule has 0 bridgehead atoms. The maximum absolute atomic E-state index is 13.4. The van der Waals surface area contributed by atoms with Crippen molar-refractivity contribution in [1.29, 1.82) is 0 Å². The summed E-state index contributed by atoms with van der Waals surface area (Å²) < 4.78 is 45.4. The van der Waals surface area contributed by atoms with Gasteiger partial charge in [0.2, 0.25) is 0 Å². The molecular formula is C15H23F3N4O2. The van der Waals surface area contributed by atoms with Crippen molar-refractivity contribution in [3.8, 4) is 0 Å². The Morgan fingerprint density at radius 1 is 1.42 bits per heavy atom. The quantitative estimate of drug-likeness (QED) is 0.859. The van der Waals surface area contributed by atoms with Crippen LogP contribution in [0.4, 0.5) is 23.7 Å². The number of nitrogens with one attached hydrogen (secondary N) is 2. The van der Waals surface area contributed by atoms with Gasteiger partial charge in [-0.1, -0.05) is 0 Å². The number of H-pyrrole nitrogens is 1. The van der Waals surface area contributed by atoms with E-state index in [1.165, 1.54) is 6.20 Å². The van der Waals surface area contributed by atoms with Gasteiger partial charge in [0.15, 0.2) is 0 Å². The van der Waals surface area contributed by atoms with Crippen LogP contribution in [0, 0.1) is 6.92 Å². The molecule has 24 heavy (non-hydrogen) atoms. The van der Waals surface area contributed by atoms with Crippen LogP contribution in [-0.2, 0) is 4.74 Å². The fourth-order valence-electron chi connectivity index (χ4n) is 2.66. The van der Waals surface area contributed by atoms with Crippen LogP contribution in [-0.4, -0.2) is 51.6 Å². The van der Waals surface area contributed by atoms with Crippen molar-refractivity contribution in [3.05, 3.63) is 11.9 Å². The van der Waals surface area contributed by atoms with Crippen LogP contribution >= 0.6 is 0 Å². The van der Waals surface area contributed by atoms with Crippen LogP contribution in [0.2, 0.25) is 0 Å². The molecular weight excluding hydrogens is 325 g/mol. The van der Waals surface area contributed by atoms with E-state index in [0.29, 0.717) is 12.1 Å². The van der Waals surface area contributed by atoms with Crippen LogP contribution in [0.15, 0.2) is 6.20 Å². The third-order valence-electron chi connectivity index (χ3n) is 3.80. The van der Waals surface area contributed by atoms with Crippen LogP contribution in [0.3, 0.4) is 0 Å². The Kier molecular flexibility index (Phi) is 5.00. The van der Waals surface area contributed by atoms with Crippen molar-refractivity contribution in [2.75, 3.05) is 11.9 Å². The number of carbonyl (C=O) groups is 1. The largest absolute Gasteiger partial charge is 0.444 e. The predicted molar refractivity (Wildman–Crippen MR) is 82.8 cm³/mol. The number of aromatic nitrogens is 2. The molecule has 1 saturated heterocycles. The molecule has 1 aromatic heterocycles. The number of ether oxygens (including phenoxy) is 1. The molecule has 1 fully saturated rings. The van der Waals surface area contributed by atoms with Crippen molar-refractivity contribution in [1.82, 2.24) is 15.1 Å². The lowest BCUT2D eigenvalue weighted by Crippen LogP contribution is -2.56. The zero-order chi connectivity index (χ0) is 18.1. The highest BCUT2D eigenvalue weighted by Gasteiger charge is 2.49. The molecule has 136 valence electrons. The predicted octanol–water partition coefficient (Wildman–Crippen LogP) is 3.46. The van der Waals surface area contributed by atoms with Crippen molar-refractivity contribution < 1.29 is 22.7 Å². The molecule has 1 aromatic rings. The molecule has 0 aromatic carbocycles. The Bertz CT molecular complexity index is 580. The van der Waals surface area contributed by atoms with E-state index >= 15 is 0 Å². The smallest absolute Gasteiger partial charge is 0.410 e. The van der Waals surface area contributed by atoms with E-state index in [1.54, 1.807) is 27.7 Å². The molecule has 0 spiro atoms. The molecule has 1 amide bonds. The van der Waals surface area contributed by atoms with E-state index in [2.05, 4.69) is 15.5 Å². The van der Waals surface area contributed by atoms with Gasteiger partial charge >= 0.3 is 12.3 Å². The number of aromatic amines is 1. The van der Waals surface area contributed by atoms with Crippen molar-refractivity contribution in [3.63, 3.8) is 0 Å². The second kappa shape index (κ2) is 6.52. The number of rotatable bonds is 2.